The summed E-state index contributed by atoms with van der Waals surface area (Å²) in [5.41, 5.74) is 1.08. The number of hydrogen-bond donors (Lipinski definition) is 1. The number of nitrogens with one attached hydrogen (secondary N) is 1. The van der Waals surface area contributed by atoms with Crippen molar-refractivity contribution in [3.05, 3.63) is 16.5 Å². The Labute approximate surface area is 83.0 Å². The van der Waals surface area contributed by atoms with Crippen LogP contribution in [0.3, 0.4) is 0 Å². The molecule has 1 rings (SSSR count). The average Bonchev–Trinajstić information content (AvgIpc) is 2.43. The van der Waals surface area contributed by atoms with E-state index in [4.69, 9.17) is 0 Å². The number of aryl methyl sites for hydroxylation is 1. The van der Waals surface area contributed by atoms with Crippen LogP contribution in [0.2, 0.25) is 0 Å². The maximum absolute atomic E-state index is 11.1. The molecule has 0 radical (unpaired) electrons. The van der Waals surface area contributed by atoms with Gasteiger partial charge in [-0.05, 0) is 31.9 Å². The summed E-state index contributed by atoms with van der Waals surface area (Å²) in [6, 6.07) is 2.04. The van der Waals surface area contributed by atoms with Gasteiger partial charge in [-0.1, -0.05) is 6.92 Å². The highest BCUT2D eigenvalue weighted by molar-refractivity contribution is 7.18. The highest BCUT2D eigenvalue weighted by Gasteiger charge is 2.08. The van der Waals surface area contributed by atoms with Gasteiger partial charge >= 0.3 is 0 Å². The first-order valence-corrected chi connectivity index (χ1v) is 5.32. The Hall–Kier alpha value is -0.830. The van der Waals surface area contributed by atoms with Gasteiger partial charge in [-0.15, -0.1) is 11.3 Å². The smallest absolute Gasteiger partial charge is 0.170 e. The van der Waals surface area contributed by atoms with Crippen LogP contribution in [0.5, 0.6) is 0 Å². The van der Waals surface area contributed by atoms with Crippen molar-refractivity contribution in [2.24, 2.45) is 0 Å². The molecule has 1 N–H and O–H groups in total. The first-order chi connectivity index (χ1) is 6.15. The second-order valence-corrected chi connectivity index (χ2v) is 4.16. The maximum atomic E-state index is 11.1. The Morgan fingerprint density at radius 3 is 2.77 bits per heavy atom. The molecule has 0 aliphatic carbocycles. The second-order valence-electron chi connectivity index (χ2n) is 3.11. The molecule has 0 amide bonds. The third kappa shape index (κ3) is 2.56. The van der Waals surface area contributed by atoms with Gasteiger partial charge in [0.2, 0.25) is 0 Å². The van der Waals surface area contributed by atoms with Crippen LogP contribution >= 0.6 is 11.3 Å². The van der Waals surface area contributed by atoms with Gasteiger partial charge in [-0.3, -0.25) is 4.79 Å². The van der Waals surface area contributed by atoms with E-state index in [1.54, 1.807) is 18.3 Å². The summed E-state index contributed by atoms with van der Waals surface area (Å²) in [5, 5.41) is 4.38. The molecule has 1 heterocycles. The fourth-order valence-electron chi connectivity index (χ4n) is 1.17. The Kier molecular flexibility index (Phi) is 3.48. The number of rotatable bonds is 4. The quantitative estimate of drug-likeness (QED) is 0.751. The van der Waals surface area contributed by atoms with Crippen molar-refractivity contribution in [3.8, 4) is 0 Å². The van der Waals surface area contributed by atoms with Gasteiger partial charge < -0.3 is 5.32 Å². The lowest BCUT2D eigenvalue weighted by atomic mass is 10.2. The van der Waals surface area contributed by atoms with Crippen molar-refractivity contribution in [1.82, 2.24) is 0 Å². The van der Waals surface area contributed by atoms with Gasteiger partial charge in [-0.25, -0.2) is 0 Å². The summed E-state index contributed by atoms with van der Waals surface area (Å²) in [6.45, 7) is 6.68. The zero-order valence-electron chi connectivity index (χ0n) is 8.31. The molecule has 0 aromatic carbocycles. The predicted octanol–water partition coefficient (Wildman–Crippen LogP) is 3.08. The van der Waals surface area contributed by atoms with Crippen LogP contribution < -0.4 is 5.32 Å². The van der Waals surface area contributed by atoms with E-state index < -0.39 is 0 Å². The summed E-state index contributed by atoms with van der Waals surface area (Å²) in [7, 11) is 0. The normalized spacial score (nSPS) is 10.1. The lowest BCUT2D eigenvalue weighted by molar-refractivity contribution is 0.102. The molecule has 0 unspecified atom stereocenters. The van der Waals surface area contributed by atoms with Crippen molar-refractivity contribution in [1.29, 1.82) is 0 Å². The van der Waals surface area contributed by atoms with Gasteiger partial charge in [0.25, 0.3) is 0 Å². The van der Waals surface area contributed by atoms with Gasteiger partial charge in [0.1, 0.15) is 0 Å². The number of carbonyl (C=O) groups excluding carboxylic acids is 1. The summed E-state index contributed by atoms with van der Waals surface area (Å²) >= 11 is 1.55. The molecule has 13 heavy (non-hydrogen) atoms. The van der Waals surface area contributed by atoms with Crippen molar-refractivity contribution >= 4 is 22.1 Å². The van der Waals surface area contributed by atoms with Crippen LogP contribution in [-0.4, -0.2) is 12.3 Å². The lowest BCUT2D eigenvalue weighted by Gasteiger charge is -1.97. The standard InChI is InChI=1S/C10H15NOS/c1-4-5-11-9-6-7(2)10(13-9)8(3)12/h6,11H,4-5H2,1-3H3. The van der Waals surface area contributed by atoms with E-state index in [9.17, 15) is 4.79 Å². The average molecular weight is 197 g/mol. The van der Waals surface area contributed by atoms with Crippen molar-refractivity contribution in [3.63, 3.8) is 0 Å². The lowest BCUT2D eigenvalue weighted by Crippen LogP contribution is -1.96. The molecule has 0 atom stereocenters. The molecule has 3 heteroatoms. The number of anilines is 1. The predicted molar refractivity (Wildman–Crippen MR) is 57.8 cm³/mol. The van der Waals surface area contributed by atoms with Gasteiger partial charge in [0.05, 0.1) is 9.88 Å². The first-order valence-electron chi connectivity index (χ1n) is 4.50. The van der Waals surface area contributed by atoms with E-state index in [2.05, 4.69) is 12.2 Å². The number of carbonyl (C=O) groups is 1. The number of thiophene rings is 1. The molecular weight excluding hydrogens is 182 g/mol. The van der Waals surface area contributed by atoms with Gasteiger partial charge in [-0.2, -0.15) is 0 Å². The largest absolute Gasteiger partial charge is 0.377 e. The molecule has 0 saturated carbocycles. The second kappa shape index (κ2) is 4.42. The highest BCUT2D eigenvalue weighted by atomic mass is 32.1. The monoisotopic (exact) mass is 197 g/mol. The summed E-state index contributed by atoms with van der Waals surface area (Å²) < 4.78 is 0. The molecule has 0 aliphatic rings. The third-order valence-corrected chi connectivity index (χ3v) is 3.08. The molecule has 0 fully saturated rings. The Morgan fingerprint density at radius 1 is 1.62 bits per heavy atom. The van der Waals surface area contributed by atoms with Gasteiger partial charge in [0.15, 0.2) is 5.78 Å². The van der Waals surface area contributed by atoms with Crippen LogP contribution in [0.4, 0.5) is 5.00 Å². The summed E-state index contributed by atoms with van der Waals surface area (Å²) in [6.07, 6.45) is 1.10. The molecule has 72 valence electrons. The SMILES string of the molecule is CCCNc1cc(C)c(C(C)=O)s1. The minimum absolute atomic E-state index is 0.159. The Bertz CT molecular complexity index is 304. The highest BCUT2D eigenvalue weighted by Crippen LogP contribution is 2.26. The number of ketones is 1. The molecule has 0 saturated heterocycles. The van der Waals surface area contributed by atoms with Crippen LogP contribution in [0, 0.1) is 6.92 Å². The molecule has 2 nitrogen and oxygen atoms in total. The number of Topliss-reactive ketones (excluding diaryl/α,β-unsaturated/α-hetero) is 1. The zero-order chi connectivity index (χ0) is 9.84. The molecule has 0 aliphatic heterocycles. The van der Waals surface area contributed by atoms with Crippen molar-refractivity contribution < 1.29 is 4.79 Å². The van der Waals surface area contributed by atoms with E-state index >= 15 is 0 Å². The molecular formula is C10H15NOS. The maximum Gasteiger partial charge on any atom is 0.170 e. The minimum Gasteiger partial charge on any atom is -0.377 e. The van der Waals surface area contributed by atoms with E-state index in [1.807, 2.05) is 13.0 Å². The van der Waals surface area contributed by atoms with E-state index in [1.165, 1.54) is 0 Å². The van der Waals surface area contributed by atoms with Crippen LogP contribution in [0.15, 0.2) is 6.07 Å². The number of hydrogen-bond acceptors (Lipinski definition) is 3. The Morgan fingerprint density at radius 2 is 2.31 bits per heavy atom. The van der Waals surface area contributed by atoms with E-state index in [-0.39, 0.29) is 5.78 Å². The minimum atomic E-state index is 0.159. The topological polar surface area (TPSA) is 29.1 Å². The molecule has 0 bridgehead atoms. The molecule has 1 aromatic heterocycles. The van der Waals surface area contributed by atoms with Crippen LogP contribution in [0.1, 0.15) is 35.5 Å². The Balaban J connectivity index is 2.76. The molecule has 0 spiro atoms. The zero-order valence-corrected chi connectivity index (χ0v) is 9.12. The van der Waals surface area contributed by atoms with Gasteiger partial charge in [0, 0.05) is 6.54 Å². The van der Waals surface area contributed by atoms with Crippen LogP contribution in [-0.2, 0) is 0 Å². The van der Waals surface area contributed by atoms with E-state index in [0.717, 1.165) is 28.4 Å². The van der Waals surface area contributed by atoms with Crippen LogP contribution in [0.25, 0.3) is 0 Å². The van der Waals surface area contributed by atoms with Crippen molar-refractivity contribution in [2.75, 3.05) is 11.9 Å². The first kappa shape index (κ1) is 10.3. The fraction of sp³-hybridized carbons (Fsp3) is 0.500. The summed E-state index contributed by atoms with van der Waals surface area (Å²) in [5.74, 6) is 0.159. The third-order valence-electron chi connectivity index (χ3n) is 1.79. The fourth-order valence-corrected chi connectivity index (χ4v) is 2.16. The van der Waals surface area contributed by atoms with Crippen molar-refractivity contribution in [2.45, 2.75) is 27.2 Å². The summed E-state index contributed by atoms with van der Waals surface area (Å²) in [4.78, 5) is 12.0. The van der Waals surface area contributed by atoms with E-state index in [0.29, 0.717) is 0 Å². The molecule has 1 aromatic rings.